The molecule has 0 saturated carbocycles. The number of ether oxygens (including phenoxy) is 2. The molecule has 5 heteroatoms. The number of alkyl carbamates (subject to hydrolysis) is 1. The summed E-state index contributed by atoms with van der Waals surface area (Å²) in [6.07, 6.45) is -0.755. The Labute approximate surface area is 109 Å². The van der Waals surface area contributed by atoms with E-state index in [0.29, 0.717) is 12.3 Å². The second-order valence-electron chi connectivity index (χ2n) is 4.39. The summed E-state index contributed by atoms with van der Waals surface area (Å²) in [7, 11) is 0. The van der Waals surface area contributed by atoms with E-state index in [0.717, 1.165) is 10.8 Å². The van der Waals surface area contributed by atoms with E-state index >= 15 is 0 Å². The van der Waals surface area contributed by atoms with E-state index in [4.69, 9.17) is 9.47 Å². The molecule has 0 bridgehead atoms. The molecular weight excluding hydrogens is 246 g/mol. The van der Waals surface area contributed by atoms with Crippen molar-refractivity contribution in [3.05, 3.63) is 36.4 Å². The zero-order valence-electron chi connectivity index (χ0n) is 10.1. The van der Waals surface area contributed by atoms with Crippen molar-refractivity contribution in [1.82, 2.24) is 5.32 Å². The lowest BCUT2D eigenvalue weighted by atomic mass is 10.1. The molecule has 1 heterocycles. The van der Waals surface area contributed by atoms with Crippen LogP contribution in [0.1, 0.15) is 0 Å². The fraction of sp³-hybridized carbons (Fsp3) is 0.214. The van der Waals surface area contributed by atoms with Gasteiger partial charge in [0.2, 0.25) is 0 Å². The van der Waals surface area contributed by atoms with Crippen molar-refractivity contribution in [2.45, 2.75) is 6.10 Å². The second-order valence-corrected chi connectivity index (χ2v) is 4.39. The standard InChI is InChI=1S/C14H13NO4/c16-12-5-9-3-1-2-4-10(9)6-13(12)18-8-11-7-15-14(17)19-11/h1-6,11,16H,7-8H2,(H,15,17). The first-order valence-corrected chi connectivity index (χ1v) is 6.01. The summed E-state index contributed by atoms with van der Waals surface area (Å²) in [5.74, 6) is 0.470. The summed E-state index contributed by atoms with van der Waals surface area (Å²) in [5.41, 5.74) is 0. The molecule has 19 heavy (non-hydrogen) atoms. The number of carbonyl (C=O) groups excluding carboxylic acids is 1. The van der Waals surface area contributed by atoms with Gasteiger partial charge in [0.25, 0.3) is 0 Å². The van der Waals surface area contributed by atoms with Gasteiger partial charge in [-0.1, -0.05) is 24.3 Å². The number of nitrogens with one attached hydrogen (secondary N) is 1. The van der Waals surface area contributed by atoms with Gasteiger partial charge >= 0.3 is 6.09 Å². The molecule has 0 spiro atoms. The number of phenols is 1. The van der Waals surface area contributed by atoms with Crippen LogP contribution in [-0.4, -0.2) is 30.5 Å². The molecule has 1 aliphatic heterocycles. The summed E-state index contributed by atoms with van der Waals surface area (Å²) >= 11 is 0. The third-order valence-corrected chi connectivity index (χ3v) is 3.00. The minimum absolute atomic E-state index is 0.0796. The second kappa shape index (κ2) is 4.68. The van der Waals surface area contributed by atoms with Crippen molar-refractivity contribution in [3.63, 3.8) is 0 Å². The van der Waals surface area contributed by atoms with Crippen molar-refractivity contribution >= 4 is 16.9 Å². The van der Waals surface area contributed by atoms with Gasteiger partial charge in [0.15, 0.2) is 17.6 Å². The molecule has 1 atom stereocenters. The lowest BCUT2D eigenvalue weighted by Crippen LogP contribution is -2.21. The van der Waals surface area contributed by atoms with Gasteiger partial charge in [0, 0.05) is 0 Å². The van der Waals surface area contributed by atoms with Crippen LogP contribution >= 0.6 is 0 Å². The van der Waals surface area contributed by atoms with E-state index in [1.54, 1.807) is 12.1 Å². The number of fused-ring (bicyclic) bond motifs is 1. The average Bonchev–Trinajstić information content (AvgIpc) is 2.82. The Hall–Kier alpha value is -2.43. The maximum atomic E-state index is 10.9. The lowest BCUT2D eigenvalue weighted by molar-refractivity contribution is 0.104. The molecule has 0 radical (unpaired) electrons. The smallest absolute Gasteiger partial charge is 0.407 e. The van der Waals surface area contributed by atoms with E-state index in [2.05, 4.69) is 5.32 Å². The van der Waals surface area contributed by atoms with Gasteiger partial charge in [0.05, 0.1) is 6.54 Å². The maximum Gasteiger partial charge on any atom is 0.407 e. The number of aromatic hydroxyl groups is 1. The largest absolute Gasteiger partial charge is 0.504 e. The topological polar surface area (TPSA) is 67.8 Å². The zero-order valence-corrected chi connectivity index (χ0v) is 10.1. The van der Waals surface area contributed by atoms with Crippen LogP contribution in [0.2, 0.25) is 0 Å². The average molecular weight is 259 g/mol. The highest BCUT2D eigenvalue weighted by molar-refractivity contribution is 5.85. The number of hydrogen-bond acceptors (Lipinski definition) is 4. The number of hydrogen-bond donors (Lipinski definition) is 2. The predicted molar refractivity (Wildman–Crippen MR) is 69.4 cm³/mol. The first kappa shape index (κ1) is 11.6. The molecule has 2 aromatic rings. The number of cyclic esters (lactones) is 1. The lowest BCUT2D eigenvalue weighted by Gasteiger charge is -2.12. The predicted octanol–water partition coefficient (Wildman–Crippen LogP) is 2.03. The molecule has 1 unspecified atom stereocenters. The SMILES string of the molecule is O=C1NCC(COc2cc3ccccc3cc2O)O1. The van der Waals surface area contributed by atoms with Crippen molar-refractivity contribution in [2.75, 3.05) is 13.2 Å². The molecule has 1 fully saturated rings. The maximum absolute atomic E-state index is 10.9. The summed E-state index contributed by atoms with van der Waals surface area (Å²) in [6, 6.07) is 11.1. The van der Waals surface area contributed by atoms with E-state index in [1.165, 1.54) is 0 Å². The van der Waals surface area contributed by atoms with Crippen LogP contribution in [-0.2, 0) is 4.74 Å². The summed E-state index contributed by atoms with van der Waals surface area (Å²) in [5, 5.41) is 14.4. The molecule has 98 valence electrons. The molecule has 0 aromatic heterocycles. The van der Waals surface area contributed by atoms with E-state index in [-0.39, 0.29) is 18.5 Å². The highest BCUT2D eigenvalue weighted by Crippen LogP contribution is 2.31. The number of carbonyl (C=O) groups is 1. The minimum atomic E-state index is -0.434. The Kier molecular flexibility index (Phi) is 2.87. The van der Waals surface area contributed by atoms with Gasteiger partial charge in [-0.2, -0.15) is 0 Å². The van der Waals surface area contributed by atoms with Crippen molar-refractivity contribution in [1.29, 1.82) is 0 Å². The molecule has 1 amide bonds. The molecule has 2 N–H and O–H groups in total. The Morgan fingerprint density at radius 1 is 1.32 bits per heavy atom. The Balaban J connectivity index is 1.77. The molecule has 3 rings (SSSR count). The van der Waals surface area contributed by atoms with Gasteiger partial charge in [0.1, 0.15) is 6.61 Å². The van der Waals surface area contributed by atoms with E-state index in [1.807, 2.05) is 24.3 Å². The van der Waals surface area contributed by atoms with Crippen LogP contribution in [0, 0.1) is 0 Å². The first-order chi connectivity index (χ1) is 9.22. The molecule has 1 aliphatic rings. The number of phenolic OH excluding ortho intramolecular Hbond substituents is 1. The van der Waals surface area contributed by atoms with Gasteiger partial charge < -0.3 is 19.9 Å². The monoisotopic (exact) mass is 259 g/mol. The van der Waals surface area contributed by atoms with Crippen LogP contribution in [0.15, 0.2) is 36.4 Å². The van der Waals surface area contributed by atoms with Gasteiger partial charge in [-0.15, -0.1) is 0 Å². The van der Waals surface area contributed by atoms with Crippen molar-refractivity contribution < 1.29 is 19.4 Å². The fourth-order valence-electron chi connectivity index (χ4n) is 2.03. The Morgan fingerprint density at radius 2 is 2.05 bits per heavy atom. The van der Waals surface area contributed by atoms with Crippen molar-refractivity contribution in [2.24, 2.45) is 0 Å². The first-order valence-electron chi connectivity index (χ1n) is 6.01. The third kappa shape index (κ3) is 2.40. The van der Waals surface area contributed by atoms with Crippen molar-refractivity contribution in [3.8, 4) is 11.5 Å². The third-order valence-electron chi connectivity index (χ3n) is 3.00. The number of rotatable bonds is 3. The Bertz CT molecular complexity index is 626. The quantitative estimate of drug-likeness (QED) is 0.885. The zero-order chi connectivity index (χ0) is 13.2. The summed E-state index contributed by atoms with van der Waals surface area (Å²) < 4.78 is 10.5. The van der Waals surface area contributed by atoms with Gasteiger partial charge in [-0.05, 0) is 22.9 Å². The number of amides is 1. The van der Waals surface area contributed by atoms with Crippen LogP contribution in [0.4, 0.5) is 4.79 Å². The summed E-state index contributed by atoms with van der Waals surface area (Å²) in [6.45, 7) is 0.637. The molecule has 1 saturated heterocycles. The van der Waals surface area contributed by atoms with Crippen LogP contribution in [0.3, 0.4) is 0 Å². The van der Waals surface area contributed by atoms with E-state index < -0.39 is 6.09 Å². The highest BCUT2D eigenvalue weighted by atomic mass is 16.6. The van der Waals surface area contributed by atoms with E-state index in [9.17, 15) is 9.90 Å². The molecule has 2 aromatic carbocycles. The van der Waals surface area contributed by atoms with Crippen LogP contribution in [0.25, 0.3) is 10.8 Å². The molecular formula is C14H13NO4. The highest BCUT2D eigenvalue weighted by Gasteiger charge is 2.23. The number of benzene rings is 2. The summed E-state index contributed by atoms with van der Waals surface area (Å²) in [4.78, 5) is 10.9. The minimum Gasteiger partial charge on any atom is -0.504 e. The van der Waals surface area contributed by atoms with Gasteiger partial charge in [-0.3, -0.25) is 0 Å². The van der Waals surface area contributed by atoms with Crippen LogP contribution in [0.5, 0.6) is 11.5 Å². The molecule has 5 nitrogen and oxygen atoms in total. The fourth-order valence-corrected chi connectivity index (χ4v) is 2.03. The van der Waals surface area contributed by atoms with Gasteiger partial charge in [-0.25, -0.2) is 4.79 Å². The molecule has 0 aliphatic carbocycles. The normalized spacial score (nSPS) is 18.1. The van der Waals surface area contributed by atoms with Crippen LogP contribution < -0.4 is 10.1 Å². The Morgan fingerprint density at radius 3 is 2.74 bits per heavy atom.